The van der Waals surface area contributed by atoms with E-state index >= 15 is 0 Å². The summed E-state index contributed by atoms with van der Waals surface area (Å²) in [5.74, 6) is 0.476. The molecule has 0 fully saturated rings. The van der Waals surface area contributed by atoms with E-state index in [2.05, 4.69) is 22.0 Å². The van der Waals surface area contributed by atoms with Crippen LogP contribution in [0.1, 0.15) is 15.9 Å². The highest BCUT2D eigenvalue weighted by molar-refractivity contribution is 9.12. The second-order valence-corrected chi connectivity index (χ2v) is 5.02. The Morgan fingerprint density at radius 3 is 2.19 bits per heavy atom. The lowest BCUT2D eigenvalue weighted by Gasteiger charge is -2.05. The van der Waals surface area contributed by atoms with Gasteiger partial charge in [-0.2, -0.15) is 5.26 Å². The van der Waals surface area contributed by atoms with E-state index in [1.165, 1.54) is 0 Å². The number of nitriles is 1. The molecule has 0 spiro atoms. The van der Waals surface area contributed by atoms with Gasteiger partial charge in [0.1, 0.15) is 11.8 Å². The third-order valence-electron chi connectivity index (χ3n) is 2.95. The number of ether oxygens (including phenoxy) is 1. The van der Waals surface area contributed by atoms with Gasteiger partial charge in [-0.15, -0.1) is 0 Å². The number of halogens is 1. The van der Waals surface area contributed by atoms with Crippen LogP contribution in [-0.2, 0) is 0 Å². The summed E-state index contributed by atoms with van der Waals surface area (Å²) in [5.41, 5.74) is 1.49. The van der Waals surface area contributed by atoms with Gasteiger partial charge in [0.15, 0.2) is 0 Å². The van der Waals surface area contributed by atoms with E-state index < -0.39 is 0 Å². The Morgan fingerprint density at radius 2 is 1.67 bits per heavy atom. The second kappa shape index (κ2) is 6.87. The van der Waals surface area contributed by atoms with Gasteiger partial charge in [-0.1, -0.05) is 30.3 Å². The molecule has 0 aliphatic carbocycles. The molecule has 0 aliphatic heterocycles. The van der Waals surface area contributed by atoms with E-state index in [1.54, 1.807) is 55.6 Å². The van der Waals surface area contributed by atoms with E-state index in [0.717, 1.165) is 0 Å². The summed E-state index contributed by atoms with van der Waals surface area (Å²) in [4.78, 5) is 12.4. The van der Waals surface area contributed by atoms with E-state index in [4.69, 9.17) is 4.74 Å². The van der Waals surface area contributed by atoms with Crippen LogP contribution in [0.25, 0.3) is 5.57 Å². The first-order valence-electron chi connectivity index (χ1n) is 6.21. The van der Waals surface area contributed by atoms with Crippen LogP contribution in [-0.4, -0.2) is 12.9 Å². The third-order valence-corrected chi connectivity index (χ3v) is 3.70. The summed E-state index contributed by atoms with van der Waals surface area (Å²) in [6.45, 7) is 0. The molecule has 21 heavy (non-hydrogen) atoms. The van der Waals surface area contributed by atoms with Gasteiger partial charge < -0.3 is 4.74 Å². The molecule has 3 nitrogen and oxygen atoms in total. The topological polar surface area (TPSA) is 50.1 Å². The minimum atomic E-state index is -0.219. The zero-order chi connectivity index (χ0) is 15.2. The maximum atomic E-state index is 12.4. The first-order chi connectivity index (χ1) is 10.2. The standard InChI is InChI=1S/C17H12BrNO2/c1-21-14-9-7-12(8-10-14)15(11-19)16(18)17(20)13-5-3-2-4-6-13/h2-10H,1H3/b16-15+. The van der Waals surface area contributed by atoms with Crippen molar-refractivity contribution in [1.29, 1.82) is 5.26 Å². The molecule has 0 amide bonds. The first kappa shape index (κ1) is 15.0. The number of rotatable bonds is 4. The summed E-state index contributed by atoms with van der Waals surface area (Å²) in [5, 5.41) is 9.35. The summed E-state index contributed by atoms with van der Waals surface area (Å²) < 4.78 is 5.33. The Bertz CT molecular complexity index is 713. The number of nitrogens with zero attached hydrogens (tertiary/aromatic N) is 1. The summed E-state index contributed by atoms with van der Waals surface area (Å²) >= 11 is 3.26. The number of hydrogen-bond donors (Lipinski definition) is 0. The van der Waals surface area contributed by atoms with Crippen LogP contribution in [0.3, 0.4) is 0 Å². The van der Waals surface area contributed by atoms with Crippen molar-refractivity contribution in [2.45, 2.75) is 0 Å². The Morgan fingerprint density at radius 1 is 1.05 bits per heavy atom. The number of carbonyl (C=O) groups excluding carboxylic acids is 1. The Kier molecular flexibility index (Phi) is 4.91. The minimum absolute atomic E-state index is 0.219. The van der Waals surface area contributed by atoms with Gasteiger partial charge in [0.25, 0.3) is 0 Å². The summed E-state index contributed by atoms with van der Waals surface area (Å²) in [7, 11) is 1.57. The highest BCUT2D eigenvalue weighted by Crippen LogP contribution is 2.26. The molecular weight excluding hydrogens is 330 g/mol. The van der Waals surface area contributed by atoms with Crippen molar-refractivity contribution in [3.63, 3.8) is 0 Å². The molecule has 4 heteroatoms. The fourth-order valence-corrected chi connectivity index (χ4v) is 2.37. The van der Waals surface area contributed by atoms with Crippen LogP contribution in [0, 0.1) is 11.3 Å². The van der Waals surface area contributed by atoms with Crippen LogP contribution < -0.4 is 4.74 Å². The lowest BCUT2D eigenvalue weighted by molar-refractivity contribution is 0.104. The van der Waals surface area contributed by atoms with Crippen molar-refractivity contribution < 1.29 is 9.53 Å². The molecule has 0 aliphatic rings. The lowest BCUT2D eigenvalue weighted by atomic mass is 10.0. The third kappa shape index (κ3) is 3.39. The number of ketones is 1. The fourth-order valence-electron chi connectivity index (χ4n) is 1.83. The van der Waals surface area contributed by atoms with Crippen molar-refractivity contribution in [3.8, 4) is 11.8 Å². The first-order valence-corrected chi connectivity index (χ1v) is 7.00. The quantitative estimate of drug-likeness (QED) is 0.475. The fraction of sp³-hybridized carbons (Fsp3) is 0.0588. The van der Waals surface area contributed by atoms with Crippen LogP contribution >= 0.6 is 15.9 Å². The largest absolute Gasteiger partial charge is 0.497 e. The van der Waals surface area contributed by atoms with E-state index in [1.807, 2.05) is 6.07 Å². The monoisotopic (exact) mass is 341 g/mol. The van der Waals surface area contributed by atoms with Gasteiger partial charge in [0.05, 0.1) is 17.2 Å². The zero-order valence-electron chi connectivity index (χ0n) is 11.3. The van der Waals surface area contributed by atoms with Crippen molar-refractivity contribution in [1.82, 2.24) is 0 Å². The number of hydrogen-bond acceptors (Lipinski definition) is 3. The van der Waals surface area contributed by atoms with E-state index in [0.29, 0.717) is 22.4 Å². The van der Waals surface area contributed by atoms with Crippen molar-refractivity contribution in [3.05, 3.63) is 70.2 Å². The normalized spacial score (nSPS) is 11.3. The highest BCUT2D eigenvalue weighted by atomic mass is 79.9. The Labute approximate surface area is 131 Å². The summed E-state index contributed by atoms with van der Waals surface area (Å²) in [6.07, 6.45) is 0. The molecule has 2 rings (SSSR count). The SMILES string of the molecule is COc1ccc(/C(C#N)=C(/Br)C(=O)c2ccccc2)cc1. The molecule has 0 heterocycles. The molecule has 2 aromatic carbocycles. The maximum Gasteiger partial charge on any atom is 0.201 e. The molecule has 0 atom stereocenters. The average Bonchev–Trinajstić information content (AvgIpc) is 2.56. The lowest BCUT2D eigenvalue weighted by Crippen LogP contribution is -2.01. The Hall–Kier alpha value is -2.38. The molecule has 104 valence electrons. The zero-order valence-corrected chi connectivity index (χ0v) is 12.9. The summed E-state index contributed by atoms with van der Waals surface area (Å²) in [6, 6.07) is 17.9. The van der Waals surface area contributed by atoms with Crippen LogP contribution in [0.5, 0.6) is 5.75 Å². The number of carbonyl (C=O) groups is 1. The average molecular weight is 342 g/mol. The second-order valence-electron chi connectivity index (χ2n) is 4.22. The van der Waals surface area contributed by atoms with Crippen LogP contribution in [0.15, 0.2) is 59.1 Å². The number of benzene rings is 2. The molecule has 0 N–H and O–H groups in total. The molecule has 0 saturated carbocycles. The Balaban J connectivity index is 2.42. The number of Topliss-reactive ketones (excluding diaryl/α,β-unsaturated/α-hetero) is 1. The van der Waals surface area contributed by atoms with Gasteiger partial charge in [-0.05, 0) is 45.8 Å². The predicted molar refractivity (Wildman–Crippen MR) is 85.2 cm³/mol. The van der Waals surface area contributed by atoms with Crippen molar-refractivity contribution in [2.75, 3.05) is 7.11 Å². The van der Waals surface area contributed by atoms with Crippen LogP contribution in [0.4, 0.5) is 0 Å². The number of allylic oxidation sites excluding steroid dienone is 2. The van der Waals surface area contributed by atoms with Gasteiger partial charge in [-0.25, -0.2) is 0 Å². The smallest absolute Gasteiger partial charge is 0.201 e. The number of methoxy groups -OCH3 is 1. The van der Waals surface area contributed by atoms with Gasteiger partial charge in [0, 0.05) is 5.56 Å². The molecule has 0 saturated heterocycles. The van der Waals surface area contributed by atoms with Crippen molar-refractivity contribution in [2.24, 2.45) is 0 Å². The van der Waals surface area contributed by atoms with Crippen LogP contribution in [0.2, 0.25) is 0 Å². The highest BCUT2D eigenvalue weighted by Gasteiger charge is 2.16. The molecular formula is C17H12BrNO2. The van der Waals surface area contributed by atoms with Gasteiger partial charge in [-0.3, -0.25) is 4.79 Å². The predicted octanol–water partition coefficient (Wildman–Crippen LogP) is 4.21. The van der Waals surface area contributed by atoms with Gasteiger partial charge >= 0.3 is 0 Å². The molecule has 2 aromatic rings. The van der Waals surface area contributed by atoms with Crippen molar-refractivity contribution >= 4 is 27.3 Å². The molecule has 0 aromatic heterocycles. The molecule has 0 unspecified atom stereocenters. The maximum absolute atomic E-state index is 12.4. The molecule has 0 radical (unpaired) electrons. The molecule has 0 bridgehead atoms. The van der Waals surface area contributed by atoms with E-state index in [-0.39, 0.29) is 10.3 Å². The minimum Gasteiger partial charge on any atom is -0.497 e. The van der Waals surface area contributed by atoms with Gasteiger partial charge in [0.2, 0.25) is 5.78 Å². The van der Waals surface area contributed by atoms with E-state index in [9.17, 15) is 10.1 Å².